The van der Waals surface area contributed by atoms with Crippen molar-refractivity contribution in [1.29, 1.82) is 0 Å². The van der Waals surface area contributed by atoms with Crippen molar-refractivity contribution in [2.45, 2.75) is 71.9 Å². The second kappa shape index (κ2) is 29.4. The number of esters is 2. The number of ketones is 1. The van der Waals surface area contributed by atoms with Crippen LogP contribution in [0.25, 0.3) is 0 Å². The number of carbonyl (C=O) groups excluding carboxylic acids is 9. The SMILES string of the molecule is CC[C@H](C)[C@H](NC(=O)[C@H](CCSC)NC(=O)Nc1ccc(CNC(=O)CN(CC)CCN2CCN(C)CC(=O)CC(OC(=O)CN(C)CC)OC(=O)C2)cc1)C(=O)NCCN1C(=O)C=CC1=O. The third kappa shape index (κ3) is 20.5. The molecule has 1 saturated heterocycles. The quantitative estimate of drug-likeness (QED) is 0.0640. The molecule has 0 aliphatic carbocycles. The summed E-state index contributed by atoms with van der Waals surface area (Å²) in [5.41, 5.74) is 1.22. The summed E-state index contributed by atoms with van der Waals surface area (Å²) >= 11 is 1.50. The first-order valence-electron chi connectivity index (χ1n) is 22.7. The highest BCUT2D eigenvalue weighted by molar-refractivity contribution is 7.98. The molecule has 7 amide bonds. The van der Waals surface area contributed by atoms with Gasteiger partial charge in [0.25, 0.3) is 18.1 Å². The van der Waals surface area contributed by atoms with Crippen molar-refractivity contribution in [3.05, 3.63) is 42.0 Å². The molecule has 22 heteroatoms. The largest absolute Gasteiger partial charge is 0.424 e. The van der Waals surface area contributed by atoms with E-state index in [0.717, 1.165) is 22.6 Å². The Hall–Kier alpha value is -5.42. The van der Waals surface area contributed by atoms with Gasteiger partial charge in [-0.25, -0.2) is 4.79 Å². The first-order chi connectivity index (χ1) is 31.9. The van der Waals surface area contributed by atoms with Gasteiger partial charge in [-0.15, -0.1) is 0 Å². The minimum absolute atomic E-state index is 0.00873. The van der Waals surface area contributed by atoms with Gasteiger partial charge in [-0.05, 0) is 69.2 Å². The molecule has 2 aliphatic rings. The van der Waals surface area contributed by atoms with Gasteiger partial charge in [0.05, 0.1) is 32.6 Å². The fourth-order valence-corrected chi connectivity index (χ4v) is 7.31. The van der Waals surface area contributed by atoms with E-state index < -0.39 is 60.0 Å². The topological polar surface area (TPSA) is 248 Å². The van der Waals surface area contributed by atoms with Gasteiger partial charge >= 0.3 is 18.0 Å². The standard InChI is InChI=1S/C45H70N10O11S/c1-8-31(4)42(44(63)46-18-19-55-37(58)15-16-38(55)59)50-43(62)35(17-24-67-7)49-45(64)48-33-13-11-32(12-14-33)26-47-36(57)28-53(10-3)22-23-54-21-20-52(6)27-34(56)25-41(66-40(61)30-54)65-39(60)29-51(5)9-2/h11-16,31,35,41-42H,8-10,17-30H2,1-7H3,(H,46,63)(H,47,57)(H,50,62)(H2,48,49,64)/t31-,35-,41?,42-/m0/s1. The number of thioether (sulfide) groups is 1. The van der Waals surface area contributed by atoms with Crippen LogP contribution in [0.3, 0.4) is 0 Å². The highest BCUT2D eigenvalue weighted by atomic mass is 32.2. The lowest BCUT2D eigenvalue weighted by atomic mass is 9.97. The summed E-state index contributed by atoms with van der Waals surface area (Å²) in [6.07, 6.45) is 3.51. The van der Waals surface area contributed by atoms with Crippen LogP contribution < -0.4 is 26.6 Å². The van der Waals surface area contributed by atoms with Crippen molar-refractivity contribution in [3.8, 4) is 0 Å². The Bertz CT molecular complexity index is 1870. The van der Waals surface area contributed by atoms with E-state index in [1.54, 1.807) is 43.3 Å². The van der Waals surface area contributed by atoms with Gasteiger partial charge in [-0.1, -0.05) is 46.2 Å². The summed E-state index contributed by atoms with van der Waals surface area (Å²) < 4.78 is 10.8. The van der Waals surface area contributed by atoms with Crippen LogP contribution in [-0.2, 0) is 54.4 Å². The molecule has 5 N–H and O–H groups in total. The van der Waals surface area contributed by atoms with Gasteiger partial charge in [0, 0.05) is 63.7 Å². The summed E-state index contributed by atoms with van der Waals surface area (Å²) in [5, 5.41) is 13.9. The average Bonchev–Trinajstić information content (AvgIpc) is 3.60. The number of amides is 7. The number of ether oxygens (including phenoxy) is 2. The second-order valence-electron chi connectivity index (χ2n) is 16.6. The summed E-state index contributed by atoms with van der Waals surface area (Å²) in [4.78, 5) is 123. The number of hydrogen-bond acceptors (Lipinski definition) is 16. The van der Waals surface area contributed by atoms with Gasteiger partial charge in [-0.3, -0.25) is 62.9 Å². The van der Waals surface area contributed by atoms with E-state index in [9.17, 15) is 43.2 Å². The molecule has 1 fully saturated rings. The summed E-state index contributed by atoms with van der Waals surface area (Å²) in [7, 11) is 3.55. The van der Waals surface area contributed by atoms with Crippen LogP contribution in [0.15, 0.2) is 36.4 Å². The maximum Gasteiger partial charge on any atom is 0.323 e. The van der Waals surface area contributed by atoms with Crippen LogP contribution in [-0.4, -0.2) is 201 Å². The third-order valence-corrected chi connectivity index (χ3v) is 11.9. The zero-order valence-corrected chi connectivity index (χ0v) is 40.7. The molecule has 2 aliphatic heterocycles. The molecule has 0 spiro atoms. The van der Waals surface area contributed by atoms with Crippen LogP contribution in [0, 0.1) is 5.92 Å². The summed E-state index contributed by atoms with van der Waals surface area (Å²) in [5.74, 6) is -3.30. The number of anilines is 1. The Morgan fingerprint density at radius 2 is 1.60 bits per heavy atom. The molecular weight excluding hydrogens is 889 g/mol. The molecule has 1 aromatic carbocycles. The number of benzene rings is 1. The Morgan fingerprint density at radius 3 is 2.24 bits per heavy atom. The number of hydrogen-bond donors (Lipinski definition) is 5. The van der Waals surface area contributed by atoms with E-state index in [4.69, 9.17) is 9.47 Å². The summed E-state index contributed by atoms with van der Waals surface area (Å²) in [6.45, 7) is 10.9. The first-order valence-corrected chi connectivity index (χ1v) is 24.1. The fourth-order valence-electron chi connectivity index (χ4n) is 6.84. The molecule has 1 aromatic rings. The third-order valence-electron chi connectivity index (χ3n) is 11.3. The molecule has 4 atom stereocenters. The van der Waals surface area contributed by atoms with E-state index in [0.29, 0.717) is 63.6 Å². The van der Waals surface area contributed by atoms with Gasteiger partial charge in [0.15, 0.2) is 5.78 Å². The number of imide groups is 1. The molecule has 0 radical (unpaired) electrons. The van der Waals surface area contributed by atoms with E-state index >= 15 is 0 Å². The molecule has 21 nitrogen and oxygen atoms in total. The van der Waals surface area contributed by atoms with E-state index in [1.165, 1.54) is 11.8 Å². The Kier molecular flexibility index (Phi) is 24.5. The van der Waals surface area contributed by atoms with Crippen molar-refractivity contribution in [1.82, 2.24) is 45.8 Å². The van der Waals surface area contributed by atoms with Crippen molar-refractivity contribution >= 4 is 70.7 Å². The monoisotopic (exact) mass is 958 g/mol. The number of carbonyl (C=O) groups is 9. The molecule has 2 heterocycles. The molecule has 1 unspecified atom stereocenters. The minimum atomic E-state index is -1.32. The lowest BCUT2D eigenvalue weighted by Gasteiger charge is -2.27. The second-order valence-corrected chi connectivity index (χ2v) is 17.6. The van der Waals surface area contributed by atoms with Crippen LogP contribution >= 0.6 is 11.8 Å². The zero-order chi connectivity index (χ0) is 49.5. The predicted octanol–water partition coefficient (Wildman–Crippen LogP) is 0.0108. The van der Waals surface area contributed by atoms with Gasteiger partial charge in [0.1, 0.15) is 12.1 Å². The lowest BCUT2D eigenvalue weighted by Crippen LogP contribution is -2.56. The minimum Gasteiger partial charge on any atom is -0.424 e. The van der Waals surface area contributed by atoms with Gasteiger partial charge in [0.2, 0.25) is 17.7 Å². The maximum atomic E-state index is 13.5. The van der Waals surface area contributed by atoms with Gasteiger partial charge in [-0.2, -0.15) is 11.8 Å². The number of cyclic esters (lactones) is 1. The number of likely N-dealkylation sites (N-methyl/N-ethyl adjacent to an activating group) is 3. The molecule has 3 rings (SSSR count). The Labute approximate surface area is 397 Å². The number of rotatable bonds is 25. The predicted molar refractivity (Wildman–Crippen MR) is 252 cm³/mol. The lowest BCUT2D eigenvalue weighted by molar-refractivity contribution is -0.190. The Balaban J connectivity index is 1.49. The molecule has 372 valence electrons. The van der Waals surface area contributed by atoms with E-state index in [-0.39, 0.29) is 69.8 Å². The highest BCUT2D eigenvalue weighted by Crippen LogP contribution is 2.13. The van der Waals surface area contributed by atoms with Crippen LogP contribution in [0.2, 0.25) is 0 Å². The average molecular weight is 959 g/mol. The molecular formula is C45H70N10O11S. The zero-order valence-electron chi connectivity index (χ0n) is 39.9. The number of Topliss-reactive ketones (excluding diaryl/α,β-unsaturated/α-hetero) is 1. The molecule has 0 bridgehead atoms. The number of urea groups is 1. The van der Waals surface area contributed by atoms with Gasteiger partial charge < -0.3 is 36.1 Å². The fraction of sp³-hybridized carbons (Fsp3) is 0.622. The van der Waals surface area contributed by atoms with Crippen molar-refractivity contribution in [2.75, 3.05) is 110 Å². The van der Waals surface area contributed by atoms with Crippen LogP contribution in [0.4, 0.5) is 10.5 Å². The van der Waals surface area contributed by atoms with E-state index in [1.807, 2.05) is 48.7 Å². The van der Waals surface area contributed by atoms with E-state index in [2.05, 4.69) is 26.6 Å². The van der Waals surface area contributed by atoms with Crippen molar-refractivity contribution in [3.63, 3.8) is 0 Å². The normalized spacial score (nSPS) is 17.6. The first kappa shape index (κ1) is 55.9. The molecule has 0 aromatic heterocycles. The van der Waals surface area contributed by atoms with Crippen LogP contribution in [0.5, 0.6) is 0 Å². The number of nitrogens with one attached hydrogen (secondary N) is 5. The smallest absolute Gasteiger partial charge is 0.323 e. The maximum absolute atomic E-state index is 13.5. The van der Waals surface area contributed by atoms with Crippen molar-refractivity contribution < 1.29 is 52.6 Å². The summed E-state index contributed by atoms with van der Waals surface area (Å²) in [6, 6.07) is 4.32. The van der Waals surface area contributed by atoms with Crippen LogP contribution in [0.1, 0.15) is 52.5 Å². The highest BCUT2D eigenvalue weighted by Gasteiger charge is 2.31. The Morgan fingerprint density at radius 1 is 0.896 bits per heavy atom. The molecule has 0 saturated carbocycles. The van der Waals surface area contributed by atoms with Crippen molar-refractivity contribution in [2.24, 2.45) is 5.92 Å². The number of nitrogens with zero attached hydrogens (tertiary/aromatic N) is 5. The molecule has 67 heavy (non-hydrogen) atoms.